The molecule has 4 heteroatoms. The summed E-state index contributed by atoms with van der Waals surface area (Å²) in [5, 5.41) is 10.6. The first kappa shape index (κ1) is 13.0. The highest BCUT2D eigenvalue weighted by Gasteiger charge is 2.38. The summed E-state index contributed by atoms with van der Waals surface area (Å²) >= 11 is 6.18. The van der Waals surface area contributed by atoms with Gasteiger partial charge < -0.3 is 14.7 Å². The topological polar surface area (TPSA) is 32.7 Å². The molecule has 1 unspecified atom stereocenters. The highest BCUT2D eigenvalue weighted by Crippen LogP contribution is 2.50. The average Bonchev–Trinajstić information content (AvgIpc) is 2.79. The minimum atomic E-state index is 0.287. The number of hydrogen-bond acceptors (Lipinski definition) is 3. The predicted octanol–water partition coefficient (Wildman–Crippen LogP) is 3.96. The summed E-state index contributed by atoms with van der Waals surface area (Å²) in [6.45, 7) is 1.92. The first-order valence-electron chi connectivity index (χ1n) is 7.10. The van der Waals surface area contributed by atoms with E-state index >= 15 is 0 Å². The summed E-state index contributed by atoms with van der Waals surface area (Å²) in [5.41, 5.74) is 2.24. The van der Waals surface area contributed by atoms with Crippen LogP contribution in [0.1, 0.15) is 23.0 Å². The van der Waals surface area contributed by atoms with Gasteiger partial charge in [-0.15, -0.1) is 0 Å². The van der Waals surface area contributed by atoms with E-state index in [2.05, 4.69) is 11.9 Å². The summed E-state index contributed by atoms with van der Waals surface area (Å²) < 4.78 is 6.10. The number of likely N-dealkylation sites (N-methyl/N-ethyl adjacent to an activating group) is 1. The molecule has 0 spiro atoms. The zero-order valence-corrected chi connectivity index (χ0v) is 12.5. The molecule has 0 aliphatic carbocycles. The van der Waals surface area contributed by atoms with Crippen LogP contribution in [-0.2, 0) is 0 Å². The van der Waals surface area contributed by atoms with Crippen LogP contribution in [0.5, 0.6) is 17.2 Å². The molecule has 0 amide bonds. The van der Waals surface area contributed by atoms with Gasteiger partial charge in [0.2, 0.25) is 0 Å². The van der Waals surface area contributed by atoms with E-state index in [9.17, 15) is 5.11 Å². The third-order valence-corrected chi connectivity index (χ3v) is 4.72. The zero-order chi connectivity index (χ0) is 14.6. The molecule has 3 nitrogen and oxygen atoms in total. The summed E-state index contributed by atoms with van der Waals surface area (Å²) in [6.07, 6.45) is 0. The van der Waals surface area contributed by atoms with E-state index < -0.39 is 0 Å². The standard InChI is InChI=1S/C17H16ClNO2/c1-19-8-14-12-6-10(18)2-4-16(12)21-17-5-3-11(20)7-13(17)15(14)9-19/h2-7,14-15,20H,8-9H2,1H3/t14?,15-/m0/s1. The molecule has 2 atom stereocenters. The van der Waals surface area contributed by atoms with E-state index in [1.165, 1.54) is 0 Å². The van der Waals surface area contributed by atoms with Crippen LogP contribution in [0.3, 0.4) is 0 Å². The molecule has 0 radical (unpaired) electrons. The molecule has 2 aliphatic heterocycles. The Bertz CT molecular complexity index is 656. The number of likely N-dealkylation sites (tertiary alicyclic amines) is 1. The number of aromatic hydroxyl groups is 1. The van der Waals surface area contributed by atoms with E-state index in [0.717, 1.165) is 40.7 Å². The summed E-state index contributed by atoms with van der Waals surface area (Å²) in [5.74, 6) is 2.64. The number of phenolic OH excluding ortho intramolecular Hbond substituents is 1. The van der Waals surface area contributed by atoms with Gasteiger partial charge in [-0.25, -0.2) is 0 Å². The van der Waals surface area contributed by atoms with Crippen molar-refractivity contribution in [2.75, 3.05) is 20.1 Å². The first-order valence-corrected chi connectivity index (χ1v) is 7.48. The minimum Gasteiger partial charge on any atom is -0.508 e. The van der Waals surface area contributed by atoms with E-state index in [1.807, 2.05) is 30.3 Å². The van der Waals surface area contributed by atoms with Gasteiger partial charge in [-0.05, 0) is 43.4 Å². The van der Waals surface area contributed by atoms with Crippen molar-refractivity contribution < 1.29 is 9.84 Å². The summed E-state index contributed by atoms with van der Waals surface area (Å²) in [6, 6.07) is 11.2. The molecule has 108 valence electrons. The van der Waals surface area contributed by atoms with E-state index in [1.54, 1.807) is 6.07 Å². The number of halogens is 1. The predicted molar refractivity (Wildman–Crippen MR) is 82.6 cm³/mol. The Labute approximate surface area is 128 Å². The van der Waals surface area contributed by atoms with Crippen LogP contribution in [0.2, 0.25) is 5.02 Å². The van der Waals surface area contributed by atoms with E-state index in [4.69, 9.17) is 16.3 Å². The number of nitrogens with zero attached hydrogens (tertiary/aromatic N) is 1. The van der Waals surface area contributed by atoms with Crippen molar-refractivity contribution in [2.45, 2.75) is 11.8 Å². The first-order chi connectivity index (χ1) is 10.1. The molecule has 2 aliphatic rings. The molecular formula is C17H16ClNO2. The second-order valence-corrected chi connectivity index (χ2v) is 6.38. The van der Waals surface area contributed by atoms with Gasteiger partial charge >= 0.3 is 0 Å². The molecule has 2 aromatic carbocycles. The zero-order valence-electron chi connectivity index (χ0n) is 11.7. The third-order valence-electron chi connectivity index (χ3n) is 4.49. The smallest absolute Gasteiger partial charge is 0.131 e. The third kappa shape index (κ3) is 2.08. The molecule has 1 N–H and O–H groups in total. The molecule has 0 bridgehead atoms. The monoisotopic (exact) mass is 301 g/mol. The Kier molecular flexibility index (Phi) is 2.88. The molecule has 0 aromatic heterocycles. The van der Waals surface area contributed by atoms with Crippen molar-refractivity contribution in [3.05, 3.63) is 52.5 Å². The minimum absolute atomic E-state index is 0.287. The van der Waals surface area contributed by atoms with Crippen molar-refractivity contribution in [1.82, 2.24) is 4.90 Å². The van der Waals surface area contributed by atoms with Gasteiger partial charge in [-0.2, -0.15) is 0 Å². The molecule has 2 aromatic rings. The average molecular weight is 302 g/mol. The Balaban J connectivity index is 1.93. The highest BCUT2D eigenvalue weighted by molar-refractivity contribution is 6.30. The molecule has 1 saturated heterocycles. The number of hydrogen-bond donors (Lipinski definition) is 1. The lowest BCUT2D eigenvalue weighted by atomic mass is 9.84. The van der Waals surface area contributed by atoms with Crippen molar-refractivity contribution in [1.29, 1.82) is 0 Å². The van der Waals surface area contributed by atoms with E-state index in [-0.39, 0.29) is 5.75 Å². The number of phenols is 1. The molecule has 1 fully saturated rings. The van der Waals surface area contributed by atoms with Gasteiger partial charge in [-0.3, -0.25) is 0 Å². The van der Waals surface area contributed by atoms with Crippen molar-refractivity contribution in [2.24, 2.45) is 0 Å². The number of ether oxygens (including phenoxy) is 1. The van der Waals surface area contributed by atoms with Crippen LogP contribution < -0.4 is 4.74 Å². The normalized spacial score (nSPS) is 23.7. The molecule has 4 rings (SSSR count). The van der Waals surface area contributed by atoms with Crippen LogP contribution >= 0.6 is 11.6 Å². The molecule has 0 saturated carbocycles. The second-order valence-electron chi connectivity index (χ2n) is 5.94. The maximum absolute atomic E-state index is 9.84. The van der Waals surface area contributed by atoms with Crippen LogP contribution in [0.4, 0.5) is 0 Å². The van der Waals surface area contributed by atoms with Gasteiger partial charge in [0, 0.05) is 41.1 Å². The van der Waals surface area contributed by atoms with Gasteiger partial charge in [-0.1, -0.05) is 11.6 Å². The maximum atomic E-state index is 9.84. The quantitative estimate of drug-likeness (QED) is 0.799. The second kappa shape index (κ2) is 4.65. The molecular weight excluding hydrogens is 286 g/mol. The largest absolute Gasteiger partial charge is 0.508 e. The van der Waals surface area contributed by atoms with Crippen LogP contribution in [0, 0.1) is 0 Å². The molecule has 2 heterocycles. The SMILES string of the molecule is CN1CC2c3cc(Cl)ccc3Oc3ccc(O)cc3[C@@H]2C1. The van der Waals surface area contributed by atoms with Crippen LogP contribution in [0.25, 0.3) is 0 Å². The number of rotatable bonds is 0. The summed E-state index contributed by atoms with van der Waals surface area (Å²) in [7, 11) is 2.13. The fraction of sp³-hybridized carbons (Fsp3) is 0.294. The Morgan fingerprint density at radius 3 is 2.38 bits per heavy atom. The fourth-order valence-corrected chi connectivity index (χ4v) is 3.75. The Morgan fingerprint density at radius 1 is 1.05 bits per heavy atom. The molecule has 21 heavy (non-hydrogen) atoms. The van der Waals surface area contributed by atoms with Crippen LogP contribution in [-0.4, -0.2) is 30.1 Å². The maximum Gasteiger partial charge on any atom is 0.131 e. The Hall–Kier alpha value is -1.71. The number of benzene rings is 2. The highest BCUT2D eigenvalue weighted by atomic mass is 35.5. The van der Waals surface area contributed by atoms with Crippen molar-refractivity contribution in [3.63, 3.8) is 0 Å². The fourth-order valence-electron chi connectivity index (χ4n) is 3.57. The van der Waals surface area contributed by atoms with Gasteiger partial charge in [0.25, 0.3) is 0 Å². The van der Waals surface area contributed by atoms with Crippen molar-refractivity contribution in [3.8, 4) is 17.2 Å². The van der Waals surface area contributed by atoms with Gasteiger partial charge in [0.15, 0.2) is 0 Å². The Morgan fingerprint density at radius 2 is 1.67 bits per heavy atom. The van der Waals surface area contributed by atoms with Crippen molar-refractivity contribution >= 4 is 11.6 Å². The van der Waals surface area contributed by atoms with Crippen LogP contribution in [0.15, 0.2) is 36.4 Å². The summed E-state index contributed by atoms with van der Waals surface area (Å²) in [4.78, 5) is 2.32. The lowest BCUT2D eigenvalue weighted by molar-refractivity contribution is 0.400. The lowest BCUT2D eigenvalue weighted by Gasteiger charge is -2.17. The van der Waals surface area contributed by atoms with E-state index in [0.29, 0.717) is 11.8 Å². The van der Waals surface area contributed by atoms with Gasteiger partial charge in [0.05, 0.1) is 0 Å². The lowest BCUT2D eigenvalue weighted by Crippen LogP contribution is -2.14. The number of fused-ring (bicyclic) bond motifs is 5. The van der Waals surface area contributed by atoms with Gasteiger partial charge in [0.1, 0.15) is 17.2 Å².